The highest BCUT2D eigenvalue weighted by Crippen LogP contribution is 2.30. The van der Waals surface area contributed by atoms with Gasteiger partial charge in [-0.1, -0.05) is 6.07 Å². The summed E-state index contributed by atoms with van der Waals surface area (Å²) in [6.45, 7) is 4.23. The number of sulfone groups is 1. The van der Waals surface area contributed by atoms with E-state index in [4.69, 9.17) is 9.47 Å². The number of benzene rings is 1. The molecule has 152 valence electrons. The van der Waals surface area contributed by atoms with Gasteiger partial charge in [-0.25, -0.2) is 8.42 Å². The predicted molar refractivity (Wildman–Crippen MR) is 105 cm³/mol. The molecule has 8 heteroatoms. The fraction of sp³-hybridized carbons (Fsp3) is 0.550. The van der Waals surface area contributed by atoms with Gasteiger partial charge in [0.15, 0.2) is 21.3 Å². The molecule has 1 N–H and O–H groups in total. The summed E-state index contributed by atoms with van der Waals surface area (Å²) in [6.07, 6.45) is 5.01. The maximum atomic E-state index is 12.5. The minimum absolute atomic E-state index is 0.00907. The van der Waals surface area contributed by atoms with Gasteiger partial charge in [-0.3, -0.25) is 4.79 Å². The van der Waals surface area contributed by atoms with Crippen LogP contribution in [-0.2, 0) is 14.6 Å². The average molecular weight is 408 g/mol. The molecule has 1 aromatic carbocycles. The van der Waals surface area contributed by atoms with E-state index in [-0.39, 0.29) is 11.9 Å². The molecule has 0 unspecified atom stereocenters. The smallest absolute Gasteiger partial charge is 0.246 e. The Bertz CT molecular complexity index is 859. The first kappa shape index (κ1) is 19.3. The lowest BCUT2D eigenvalue weighted by molar-refractivity contribution is -0.925. The number of hydrogen-bond acceptors (Lipinski definition) is 5. The number of nitrogens with zero attached hydrogens (tertiary/aromatic N) is 1. The maximum Gasteiger partial charge on any atom is 0.246 e. The van der Waals surface area contributed by atoms with E-state index in [0.717, 1.165) is 43.0 Å². The number of hydrogen-bond donors (Lipinski definition) is 1. The number of amides is 1. The van der Waals surface area contributed by atoms with Gasteiger partial charge < -0.3 is 19.3 Å². The van der Waals surface area contributed by atoms with Gasteiger partial charge in [0.05, 0.1) is 45.1 Å². The van der Waals surface area contributed by atoms with E-state index in [1.165, 1.54) is 4.90 Å². The van der Waals surface area contributed by atoms with Crippen molar-refractivity contribution in [3.63, 3.8) is 0 Å². The third kappa shape index (κ3) is 4.50. The molecule has 1 atom stereocenters. The Labute approximate surface area is 165 Å². The number of piperazine rings is 1. The fourth-order valence-corrected chi connectivity index (χ4v) is 5.92. The Kier molecular flexibility index (Phi) is 5.59. The Morgan fingerprint density at radius 1 is 1.14 bits per heavy atom. The minimum atomic E-state index is -2.85. The molecule has 3 heterocycles. The minimum Gasteiger partial charge on any atom is -0.490 e. The van der Waals surface area contributed by atoms with Crippen LogP contribution in [0.25, 0.3) is 6.08 Å². The van der Waals surface area contributed by atoms with Crippen molar-refractivity contribution in [2.45, 2.75) is 18.9 Å². The number of quaternary nitrogens is 1. The van der Waals surface area contributed by atoms with E-state index in [1.807, 2.05) is 23.1 Å². The first-order valence-electron chi connectivity index (χ1n) is 9.92. The zero-order valence-electron chi connectivity index (χ0n) is 15.9. The molecule has 1 amide bonds. The molecule has 4 rings (SSSR count). The SMILES string of the molecule is O=C(/C=C/c1ccc2c(c1)OCCCO2)N1CC[NH+]([C@H]2CCS(=O)(=O)C2)CC1. The maximum absolute atomic E-state index is 12.5. The first-order chi connectivity index (χ1) is 13.5. The highest BCUT2D eigenvalue weighted by Gasteiger charge is 2.37. The zero-order valence-corrected chi connectivity index (χ0v) is 16.7. The second-order valence-electron chi connectivity index (χ2n) is 7.67. The van der Waals surface area contributed by atoms with Crippen LogP contribution in [0.2, 0.25) is 0 Å². The summed E-state index contributed by atoms with van der Waals surface area (Å²) in [5.74, 6) is 2.05. The summed E-state index contributed by atoms with van der Waals surface area (Å²) >= 11 is 0. The van der Waals surface area contributed by atoms with Gasteiger partial charge in [0.25, 0.3) is 0 Å². The van der Waals surface area contributed by atoms with Gasteiger partial charge in [-0.2, -0.15) is 0 Å². The third-order valence-corrected chi connectivity index (χ3v) is 7.49. The molecule has 0 radical (unpaired) electrons. The quantitative estimate of drug-likeness (QED) is 0.701. The van der Waals surface area contributed by atoms with Crippen molar-refractivity contribution in [3.8, 4) is 11.5 Å². The van der Waals surface area contributed by atoms with Crippen molar-refractivity contribution in [1.82, 2.24) is 4.90 Å². The van der Waals surface area contributed by atoms with Gasteiger partial charge >= 0.3 is 0 Å². The largest absolute Gasteiger partial charge is 0.490 e. The summed E-state index contributed by atoms with van der Waals surface area (Å²) < 4.78 is 34.7. The van der Waals surface area contributed by atoms with Crippen LogP contribution < -0.4 is 14.4 Å². The molecule has 7 nitrogen and oxygen atoms in total. The number of ether oxygens (including phenoxy) is 2. The predicted octanol–water partition coefficient (Wildman–Crippen LogP) is -0.225. The molecule has 0 spiro atoms. The summed E-state index contributed by atoms with van der Waals surface area (Å²) in [4.78, 5) is 15.7. The number of carbonyl (C=O) groups excluding carboxylic acids is 1. The molecule has 0 bridgehead atoms. The Morgan fingerprint density at radius 3 is 2.61 bits per heavy atom. The molecule has 3 aliphatic rings. The van der Waals surface area contributed by atoms with Crippen molar-refractivity contribution in [2.75, 3.05) is 50.9 Å². The number of carbonyl (C=O) groups is 1. The van der Waals surface area contributed by atoms with E-state index in [9.17, 15) is 13.2 Å². The number of rotatable bonds is 3. The molecule has 0 aromatic heterocycles. The normalized spacial score (nSPS) is 25.0. The molecule has 0 saturated carbocycles. The summed E-state index contributed by atoms with van der Waals surface area (Å²) in [6, 6.07) is 5.88. The summed E-state index contributed by atoms with van der Waals surface area (Å²) in [5, 5.41) is 0. The van der Waals surface area contributed by atoms with Crippen LogP contribution in [-0.4, -0.2) is 76.2 Å². The van der Waals surface area contributed by atoms with Crippen molar-refractivity contribution in [1.29, 1.82) is 0 Å². The Morgan fingerprint density at radius 2 is 1.89 bits per heavy atom. The standard InChI is InChI=1S/C20H26N2O5S/c23-20(5-3-16-2-4-18-19(14-16)27-12-1-11-26-18)22-9-7-21(8-10-22)17-6-13-28(24,25)15-17/h2-5,14,17H,1,6-13,15H2/p+1/b5-3+/t17-/m0/s1. The second kappa shape index (κ2) is 8.13. The molecule has 3 aliphatic heterocycles. The lowest BCUT2D eigenvalue weighted by atomic mass is 10.1. The molecular weight excluding hydrogens is 380 g/mol. The van der Waals surface area contributed by atoms with Crippen LogP contribution in [0.4, 0.5) is 0 Å². The van der Waals surface area contributed by atoms with Gasteiger partial charge in [0.2, 0.25) is 5.91 Å². The van der Waals surface area contributed by atoms with Crippen LogP contribution in [0.1, 0.15) is 18.4 Å². The van der Waals surface area contributed by atoms with E-state index < -0.39 is 9.84 Å². The molecule has 2 fully saturated rings. The van der Waals surface area contributed by atoms with Gasteiger partial charge in [-0.05, 0) is 23.8 Å². The molecule has 2 saturated heterocycles. The summed E-state index contributed by atoms with van der Waals surface area (Å²) in [7, 11) is -2.85. The van der Waals surface area contributed by atoms with Gasteiger partial charge in [0.1, 0.15) is 11.8 Å². The Hall–Kier alpha value is -2.06. The zero-order chi connectivity index (χ0) is 19.6. The lowest BCUT2D eigenvalue weighted by Gasteiger charge is -2.34. The lowest BCUT2D eigenvalue weighted by Crippen LogP contribution is -3.18. The number of fused-ring (bicyclic) bond motifs is 1. The van der Waals surface area contributed by atoms with Crippen molar-refractivity contribution < 1.29 is 27.6 Å². The second-order valence-corrected chi connectivity index (χ2v) is 9.90. The van der Waals surface area contributed by atoms with Gasteiger partial charge in [0, 0.05) is 18.9 Å². The van der Waals surface area contributed by atoms with Crippen molar-refractivity contribution in [2.24, 2.45) is 0 Å². The monoisotopic (exact) mass is 407 g/mol. The highest BCUT2D eigenvalue weighted by molar-refractivity contribution is 7.91. The van der Waals surface area contributed by atoms with Crippen LogP contribution in [0.15, 0.2) is 24.3 Å². The molecule has 0 aliphatic carbocycles. The fourth-order valence-electron chi connectivity index (χ4n) is 4.10. The van der Waals surface area contributed by atoms with Crippen LogP contribution in [0.5, 0.6) is 11.5 Å². The van der Waals surface area contributed by atoms with Crippen molar-refractivity contribution >= 4 is 21.8 Å². The van der Waals surface area contributed by atoms with Gasteiger partial charge in [-0.15, -0.1) is 0 Å². The molecule has 1 aromatic rings. The molecule has 28 heavy (non-hydrogen) atoms. The Balaban J connectivity index is 1.31. The molecular formula is C20H27N2O5S+. The van der Waals surface area contributed by atoms with Crippen LogP contribution >= 0.6 is 0 Å². The first-order valence-corrected chi connectivity index (χ1v) is 11.7. The van der Waals surface area contributed by atoms with Crippen LogP contribution in [0.3, 0.4) is 0 Å². The van der Waals surface area contributed by atoms with E-state index in [0.29, 0.717) is 37.8 Å². The highest BCUT2D eigenvalue weighted by atomic mass is 32.2. The van der Waals surface area contributed by atoms with E-state index in [1.54, 1.807) is 12.2 Å². The van der Waals surface area contributed by atoms with Crippen molar-refractivity contribution in [3.05, 3.63) is 29.8 Å². The number of nitrogens with one attached hydrogen (secondary N) is 1. The van der Waals surface area contributed by atoms with E-state index >= 15 is 0 Å². The van der Waals surface area contributed by atoms with E-state index in [2.05, 4.69) is 0 Å². The summed E-state index contributed by atoms with van der Waals surface area (Å²) in [5.41, 5.74) is 0.901. The third-order valence-electron chi connectivity index (χ3n) is 5.72. The topological polar surface area (TPSA) is 77.3 Å². The van der Waals surface area contributed by atoms with Crippen LogP contribution in [0, 0.1) is 0 Å². The average Bonchev–Trinajstić information content (AvgIpc) is 2.91.